The highest BCUT2D eigenvalue weighted by Gasteiger charge is 2.69. The van der Waals surface area contributed by atoms with Crippen LogP contribution in [0, 0.1) is 11.8 Å². The van der Waals surface area contributed by atoms with E-state index in [1.54, 1.807) is 12.1 Å². The van der Waals surface area contributed by atoms with Gasteiger partial charge < -0.3 is 20.1 Å². The van der Waals surface area contributed by atoms with Gasteiger partial charge in [-0.15, -0.1) is 0 Å². The highest BCUT2D eigenvalue weighted by molar-refractivity contribution is 6.25. The number of para-hydroxylation sites is 2. The van der Waals surface area contributed by atoms with E-state index < -0.39 is 47.8 Å². The first-order valence-electron chi connectivity index (χ1n) is 11.2. The summed E-state index contributed by atoms with van der Waals surface area (Å²) in [4.78, 5) is 41.2. The third-order valence-electron chi connectivity index (χ3n) is 7.06. The number of carbonyl (C=O) groups excluding carboxylic acids is 2. The second-order valence-electron chi connectivity index (χ2n) is 8.60. The fraction of sp³-hybridized carbons (Fsp3) is 0.400. The van der Waals surface area contributed by atoms with Gasteiger partial charge in [-0.2, -0.15) is 0 Å². The van der Waals surface area contributed by atoms with Gasteiger partial charge in [-0.25, -0.2) is 4.90 Å². The first-order chi connectivity index (χ1) is 16.3. The SMILES string of the molecule is CCc1cccc(CC)c1N1C(=O)C2C(c3cccc(OC)c3O)NC(CO)(C(=O)O)C2C1=O. The van der Waals surface area contributed by atoms with E-state index in [1.807, 2.05) is 32.0 Å². The van der Waals surface area contributed by atoms with Crippen LogP contribution in [0.4, 0.5) is 5.69 Å². The number of aromatic hydroxyl groups is 1. The summed E-state index contributed by atoms with van der Waals surface area (Å²) in [6.07, 6.45) is 1.13. The Morgan fingerprint density at radius 2 is 1.71 bits per heavy atom. The van der Waals surface area contributed by atoms with Crippen LogP contribution in [0.2, 0.25) is 0 Å². The summed E-state index contributed by atoms with van der Waals surface area (Å²) in [5.41, 5.74) is 0.176. The van der Waals surface area contributed by atoms with E-state index in [9.17, 15) is 29.7 Å². The number of fused-ring (bicyclic) bond motifs is 1. The molecule has 0 bridgehead atoms. The molecule has 0 radical (unpaired) electrons. The smallest absolute Gasteiger partial charge is 0.327 e. The fourth-order valence-electron chi connectivity index (χ4n) is 5.36. The molecule has 9 heteroatoms. The largest absolute Gasteiger partial charge is 0.504 e. The van der Waals surface area contributed by atoms with E-state index >= 15 is 0 Å². The Bertz CT molecular complexity index is 1140. The number of anilines is 1. The van der Waals surface area contributed by atoms with Gasteiger partial charge in [0.25, 0.3) is 0 Å². The van der Waals surface area contributed by atoms with Crippen LogP contribution < -0.4 is 15.0 Å². The Kier molecular flexibility index (Phi) is 6.09. The first-order valence-corrected chi connectivity index (χ1v) is 11.2. The summed E-state index contributed by atoms with van der Waals surface area (Å²) in [6, 6.07) is 9.17. The van der Waals surface area contributed by atoms with Crippen LogP contribution in [0.1, 0.15) is 36.6 Å². The maximum Gasteiger partial charge on any atom is 0.327 e. The topological polar surface area (TPSA) is 136 Å². The molecule has 0 saturated carbocycles. The Morgan fingerprint density at radius 3 is 2.24 bits per heavy atom. The van der Waals surface area contributed by atoms with Crippen LogP contribution in [0.25, 0.3) is 0 Å². The van der Waals surface area contributed by atoms with Gasteiger partial charge in [-0.1, -0.05) is 44.2 Å². The van der Waals surface area contributed by atoms with E-state index in [2.05, 4.69) is 5.32 Å². The van der Waals surface area contributed by atoms with Crippen molar-refractivity contribution in [2.75, 3.05) is 18.6 Å². The standard InChI is InChI=1S/C25H28N2O7/c1-4-13-8-6-9-14(5-2)20(13)27-22(30)17-18(23(27)31)25(12-28,24(32)33)26-19(17)15-10-7-11-16(34-3)21(15)29/h6-11,17-19,26,28-29H,4-5,12H2,1-3H3,(H,32,33). The zero-order chi connectivity index (χ0) is 24.8. The molecule has 2 aliphatic rings. The van der Waals surface area contributed by atoms with Crippen LogP contribution in [-0.4, -0.2) is 52.4 Å². The van der Waals surface area contributed by atoms with Crippen molar-refractivity contribution in [1.29, 1.82) is 0 Å². The van der Waals surface area contributed by atoms with Gasteiger partial charge in [0, 0.05) is 11.6 Å². The van der Waals surface area contributed by atoms with E-state index in [1.165, 1.54) is 13.2 Å². The second-order valence-corrected chi connectivity index (χ2v) is 8.60. The number of carboxylic acids is 1. The average molecular weight is 469 g/mol. The van der Waals surface area contributed by atoms with Gasteiger partial charge in [0.05, 0.1) is 31.2 Å². The molecular formula is C25H28N2O7. The molecular weight excluding hydrogens is 440 g/mol. The number of nitrogens with zero attached hydrogens (tertiary/aromatic N) is 1. The van der Waals surface area contributed by atoms with Crippen molar-refractivity contribution >= 4 is 23.5 Å². The number of rotatable bonds is 7. The molecule has 34 heavy (non-hydrogen) atoms. The predicted octanol–water partition coefficient (Wildman–Crippen LogP) is 1.79. The lowest BCUT2D eigenvalue weighted by Crippen LogP contribution is -2.58. The number of aliphatic carboxylic acids is 1. The predicted molar refractivity (Wildman–Crippen MR) is 123 cm³/mol. The monoisotopic (exact) mass is 468 g/mol. The number of methoxy groups -OCH3 is 1. The summed E-state index contributed by atoms with van der Waals surface area (Å²) < 4.78 is 5.18. The number of benzene rings is 2. The number of aryl methyl sites for hydroxylation is 2. The summed E-state index contributed by atoms with van der Waals surface area (Å²) in [6.45, 7) is 2.92. The van der Waals surface area contributed by atoms with Gasteiger partial charge >= 0.3 is 5.97 Å². The molecule has 4 rings (SSSR count). The number of phenols is 1. The number of hydrogen-bond donors (Lipinski definition) is 4. The molecule has 9 nitrogen and oxygen atoms in total. The Morgan fingerprint density at radius 1 is 1.09 bits per heavy atom. The zero-order valence-corrected chi connectivity index (χ0v) is 19.2. The molecule has 4 N–H and O–H groups in total. The third-order valence-corrected chi connectivity index (χ3v) is 7.06. The number of aliphatic hydroxyl groups excluding tert-OH is 1. The van der Waals surface area contributed by atoms with Gasteiger partial charge in [0.2, 0.25) is 11.8 Å². The quantitative estimate of drug-likeness (QED) is 0.452. The summed E-state index contributed by atoms with van der Waals surface area (Å²) in [7, 11) is 1.37. The molecule has 2 aliphatic heterocycles. The van der Waals surface area contributed by atoms with Crippen molar-refractivity contribution < 1.29 is 34.4 Å². The first kappa shape index (κ1) is 23.7. The molecule has 0 spiro atoms. The minimum atomic E-state index is -2.10. The number of hydrogen-bond acceptors (Lipinski definition) is 7. The van der Waals surface area contributed by atoms with Crippen LogP contribution in [0.15, 0.2) is 36.4 Å². The Hall–Kier alpha value is -3.43. The van der Waals surface area contributed by atoms with Crippen molar-refractivity contribution in [3.8, 4) is 11.5 Å². The number of aliphatic hydroxyl groups is 1. The lowest BCUT2D eigenvalue weighted by atomic mass is 9.79. The molecule has 2 amide bonds. The van der Waals surface area contributed by atoms with Crippen molar-refractivity contribution in [3.63, 3.8) is 0 Å². The number of amides is 2. The minimum absolute atomic E-state index is 0.144. The summed E-state index contributed by atoms with van der Waals surface area (Å²) in [5, 5.41) is 33.9. The van der Waals surface area contributed by atoms with E-state index in [0.717, 1.165) is 16.0 Å². The van der Waals surface area contributed by atoms with Gasteiger partial charge in [-0.3, -0.25) is 19.7 Å². The van der Waals surface area contributed by atoms with E-state index in [4.69, 9.17) is 4.74 Å². The number of imide groups is 1. The van der Waals surface area contributed by atoms with Crippen LogP contribution in [-0.2, 0) is 27.2 Å². The van der Waals surface area contributed by atoms with Crippen LogP contribution in [0.3, 0.4) is 0 Å². The molecule has 4 atom stereocenters. The lowest BCUT2D eigenvalue weighted by molar-refractivity contribution is -0.150. The van der Waals surface area contributed by atoms with Gasteiger partial charge in [-0.05, 0) is 30.0 Å². The van der Waals surface area contributed by atoms with Crippen molar-refractivity contribution in [2.24, 2.45) is 11.8 Å². The number of phenolic OH excluding ortho intramolecular Hbond substituents is 1. The van der Waals surface area contributed by atoms with Gasteiger partial charge in [0.15, 0.2) is 17.0 Å². The number of carboxylic acid groups (broad SMARTS) is 1. The van der Waals surface area contributed by atoms with E-state index in [-0.39, 0.29) is 17.1 Å². The third kappa shape index (κ3) is 3.19. The Balaban J connectivity index is 1.93. The minimum Gasteiger partial charge on any atom is -0.504 e. The molecule has 2 saturated heterocycles. The molecule has 0 aliphatic carbocycles. The number of ether oxygens (including phenoxy) is 1. The molecule has 2 aromatic carbocycles. The molecule has 2 heterocycles. The summed E-state index contributed by atoms with van der Waals surface area (Å²) >= 11 is 0. The second kappa shape index (κ2) is 8.73. The number of carbonyl (C=O) groups is 3. The van der Waals surface area contributed by atoms with Crippen molar-refractivity contribution in [1.82, 2.24) is 5.32 Å². The lowest BCUT2D eigenvalue weighted by Gasteiger charge is -2.30. The maximum atomic E-state index is 13.9. The highest BCUT2D eigenvalue weighted by atomic mass is 16.5. The maximum absolute atomic E-state index is 13.9. The van der Waals surface area contributed by atoms with Crippen molar-refractivity contribution in [3.05, 3.63) is 53.1 Å². The highest BCUT2D eigenvalue weighted by Crippen LogP contribution is 2.52. The van der Waals surface area contributed by atoms with E-state index in [0.29, 0.717) is 18.5 Å². The van der Waals surface area contributed by atoms with Crippen LogP contribution in [0.5, 0.6) is 11.5 Å². The molecule has 2 fully saturated rings. The molecule has 2 aromatic rings. The van der Waals surface area contributed by atoms with Crippen molar-refractivity contribution in [2.45, 2.75) is 38.3 Å². The molecule has 180 valence electrons. The van der Waals surface area contributed by atoms with Crippen LogP contribution >= 0.6 is 0 Å². The molecule has 0 aromatic heterocycles. The average Bonchev–Trinajstić information content (AvgIpc) is 3.32. The fourth-order valence-corrected chi connectivity index (χ4v) is 5.36. The number of nitrogens with one attached hydrogen (secondary N) is 1. The zero-order valence-electron chi connectivity index (χ0n) is 19.2. The summed E-state index contributed by atoms with van der Waals surface area (Å²) in [5.74, 6) is -5.33. The molecule has 4 unspecified atom stereocenters. The van der Waals surface area contributed by atoms with Gasteiger partial charge in [0.1, 0.15) is 0 Å². The normalized spacial score (nSPS) is 26.1. The Labute approximate surface area is 197 Å².